The van der Waals surface area contributed by atoms with Crippen molar-refractivity contribution in [3.8, 4) is 0 Å². The highest BCUT2D eigenvalue weighted by Gasteiger charge is 2.30. The predicted molar refractivity (Wildman–Crippen MR) is 98.1 cm³/mol. The van der Waals surface area contributed by atoms with Gasteiger partial charge in [-0.3, -0.25) is 9.69 Å². The number of carbonyl (C=O) groups excluding carboxylic acids is 1. The molecular formula is C19H33N5O. The van der Waals surface area contributed by atoms with Crippen LogP contribution in [0.2, 0.25) is 0 Å². The molecule has 2 fully saturated rings. The Bertz CT molecular complexity index is 597. The van der Waals surface area contributed by atoms with Gasteiger partial charge in [-0.25, -0.2) is 0 Å². The van der Waals surface area contributed by atoms with Gasteiger partial charge in [-0.1, -0.05) is 20.8 Å². The molecule has 0 N–H and O–H groups in total. The van der Waals surface area contributed by atoms with Gasteiger partial charge in [-0.15, -0.1) is 10.2 Å². The lowest BCUT2D eigenvalue weighted by Gasteiger charge is -2.34. The van der Waals surface area contributed by atoms with E-state index in [1.54, 1.807) is 0 Å². The summed E-state index contributed by atoms with van der Waals surface area (Å²) in [6.45, 7) is 11.3. The van der Waals surface area contributed by atoms with Crippen LogP contribution in [-0.2, 0) is 18.4 Å². The van der Waals surface area contributed by atoms with Crippen LogP contribution >= 0.6 is 0 Å². The molecule has 0 unspecified atom stereocenters. The molecule has 140 valence electrons. The molecule has 1 aromatic rings. The predicted octanol–water partition coefficient (Wildman–Crippen LogP) is 2.55. The van der Waals surface area contributed by atoms with Crippen LogP contribution in [0.3, 0.4) is 0 Å². The number of piperidine rings is 1. The van der Waals surface area contributed by atoms with Gasteiger partial charge in [0.05, 0.1) is 6.54 Å². The van der Waals surface area contributed by atoms with Crippen molar-refractivity contribution in [2.45, 2.75) is 65.3 Å². The van der Waals surface area contributed by atoms with E-state index in [-0.39, 0.29) is 11.3 Å². The van der Waals surface area contributed by atoms with Crippen LogP contribution in [0, 0.1) is 5.41 Å². The summed E-state index contributed by atoms with van der Waals surface area (Å²) in [7, 11) is 2.08. The second kappa shape index (κ2) is 7.44. The van der Waals surface area contributed by atoms with Gasteiger partial charge in [0.2, 0.25) is 5.91 Å². The highest BCUT2D eigenvalue weighted by atomic mass is 16.2. The van der Waals surface area contributed by atoms with E-state index in [1.807, 2.05) is 4.90 Å². The van der Waals surface area contributed by atoms with Crippen LogP contribution in [0.4, 0.5) is 0 Å². The average molecular weight is 348 g/mol. The molecule has 0 spiro atoms. The molecule has 1 aromatic heterocycles. The van der Waals surface area contributed by atoms with E-state index >= 15 is 0 Å². The summed E-state index contributed by atoms with van der Waals surface area (Å²) in [4.78, 5) is 17.1. The van der Waals surface area contributed by atoms with Crippen molar-refractivity contribution in [2.24, 2.45) is 12.5 Å². The van der Waals surface area contributed by atoms with Crippen LogP contribution in [0.5, 0.6) is 0 Å². The van der Waals surface area contributed by atoms with Crippen molar-refractivity contribution in [1.29, 1.82) is 0 Å². The van der Waals surface area contributed by atoms with Gasteiger partial charge in [0.15, 0.2) is 0 Å². The first-order valence-corrected chi connectivity index (χ1v) is 9.72. The molecule has 0 aliphatic carbocycles. The standard InChI is InChI=1S/C19H33N5O/c1-19(2,3)12-17(25)24-11-7-8-15(13-24)18-21-20-16(22(18)4)14-23-9-5-6-10-23/h15H,5-14H2,1-4H3/t15-/m1/s1. The lowest BCUT2D eigenvalue weighted by Crippen LogP contribution is -2.41. The highest BCUT2D eigenvalue weighted by Crippen LogP contribution is 2.28. The zero-order valence-electron chi connectivity index (χ0n) is 16.3. The van der Waals surface area contributed by atoms with Gasteiger partial charge >= 0.3 is 0 Å². The first-order chi connectivity index (χ1) is 11.8. The third-order valence-corrected chi connectivity index (χ3v) is 5.38. The Morgan fingerprint density at radius 2 is 1.84 bits per heavy atom. The van der Waals surface area contributed by atoms with E-state index in [0.29, 0.717) is 12.3 Å². The van der Waals surface area contributed by atoms with Crippen LogP contribution in [0.25, 0.3) is 0 Å². The molecule has 0 bridgehead atoms. The number of carbonyl (C=O) groups is 1. The molecule has 2 aliphatic rings. The van der Waals surface area contributed by atoms with Gasteiger partial charge < -0.3 is 9.47 Å². The van der Waals surface area contributed by atoms with Crippen LogP contribution < -0.4 is 0 Å². The molecule has 0 saturated carbocycles. The number of amides is 1. The van der Waals surface area contributed by atoms with Crippen LogP contribution in [0.1, 0.15) is 70.4 Å². The fourth-order valence-corrected chi connectivity index (χ4v) is 3.99. The quantitative estimate of drug-likeness (QED) is 0.840. The highest BCUT2D eigenvalue weighted by molar-refractivity contribution is 5.77. The van der Waals surface area contributed by atoms with Crippen molar-refractivity contribution in [1.82, 2.24) is 24.6 Å². The van der Waals surface area contributed by atoms with Crippen molar-refractivity contribution < 1.29 is 4.79 Å². The number of rotatable bonds is 4. The van der Waals surface area contributed by atoms with Crippen molar-refractivity contribution in [2.75, 3.05) is 26.2 Å². The first-order valence-electron chi connectivity index (χ1n) is 9.72. The summed E-state index contributed by atoms with van der Waals surface area (Å²) in [5.74, 6) is 2.68. The third-order valence-electron chi connectivity index (χ3n) is 5.38. The molecule has 0 aromatic carbocycles. The number of likely N-dealkylation sites (tertiary alicyclic amines) is 2. The fourth-order valence-electron chi connectivity index (χ4n) is 3.99. The Kier molecular flexibility index (Phi) is 5.46. The Morgan fingerprint density at radius 1 is 1.12 bits per heavy atom. The largest absolute Gasteiger partial charge is 0.342 e. The van der Waals surface area contributed by atoms with E-state index in [9.17, 15) is 4.79 Å². The van der Waals surface area contributed by atoms with Gasteiger partial charge in [-0.05, 0) is 44.2 Å². The molecule has 6 heteroatoms. The van der Waals surface area contributed by atoms with Crippen molar-refractivity contribution >= 4 is 5.91 Å². The topological polar surface area (TPSA) is 54.3 Å². The van der Waals surface area contributed by atoms with Gasteiger partial charge in [0.25, 0.3) is 0 Å². The molecule has 2 aliphatic heterocycles. The van der Waals surface area contributed by atoms with Gasteiger partial charge in [0, 0.05) is 32.5 Å². The Labute approximate surface area is 151 Å². The van der Waals surface area contributed by atoms with E-state index in [2.05, 4.69) is 47.5 Å². The summed E-state index contributed by atoms with van der Waals surface area (Å²) >= 11 is 0. The summed E-state index contributed by atoms with van der Waals surface area (Å²) < 4.78 is 2.17. The summed E-state index contributed by atoms with van der Waals surface area (Å²) in [6.07, 6.45) is 5.33. The molecule has 6 nitrogen and oxygen atoms in total. The second-order valence-corrected chi connectivity index (χ2v) is 8.93. The molecule has 25 heavy (non-hydrogen) atoms. The minimum absolute atomic E-state index is 0.0394. The molecule has 2 saturated heterocycles. The SMILES string of the molecule is Cn1c(CN2CCCC2)nnc1[C@@H]1CCCN(C(=O)CC(C)(C)C)C1. The Balaban J connectivity index is 1.65. The van der Waals surface area contributed by atoms with Gasteiger partial charge in [-0.2, -0.15) is 0 Å². The van der Waals surface area contributed by atoms with E-state index < -0.39 is 0 Å². The van der Waals surface area contributed by atoms with E-state index in [1.165, 1.54) is 25.9 Å². The summed E-state index contributed by atoms with van der Waals surface area (Å²) in [5, 5.41) is 8.95. The van der Waals surface area contributed by atoms with Crippen LogP contribution in [0.15, 0.2) is 0 Å². The minimum atomic E-state index is 0.0394. The maximum Gasteiger partial charge on any atom is 0.223 e. The lowest BCUT2D eigenvalue weighted by molar-refractivity contribution is -0.134. The molecule has 1 atom stereocenters. The minimum Gasteiger partial charge on any atom is -0.342 e. The Hall–Kier alpha value is -1.43. The van der Waals surface area contributed by atoms with Crippen molar-refractivity contribution in [3.05, 3.63) is 11.6 Å². The first kappa shape index (κ1) is 18.4. The molecule has 0 radical (unpaired) electrons. The number of nitrogens with zero attached hydrogens (tertiary/aromatic N) is 5. The van der Waals surface area contributed by atoms with E-state index in [4.69, 9.17) is 0 Å². The van der Waals surface area contributed by atoms with Gasteiger partial charge in [0.1, 0.15) is 11.6 Å². The third kappa shape index (κ3) is 4.60. The lowest BCUT2D eigenvalue weighted by atomic mass is 9.90. The maximum atomic E-state index is 12.6. The molecule has 3 rings (SSSR count). The molecular weight excluding hydrogens is 314 g/mol. The monoisotopic (exact) mass is 347 g/mol. The fraction of sp³-hybridized carbons (Fsp3) is 0.842. The number of hydrogen-bond donors (Lipinski definition) is 0. The second-order valence-electron chi connectivity index (χ2n) is 8.93. The molecule has 3 heterocycles. The average Bonchev–Trinajstić information content (AvgIpc) is 3.17. The zero-order chi connectivity index (χ0) is 18.0. The Morgan fingerprint density at radius 3 is 2.52 bits per heavy atom. The summed E-state index contributed by atoms with van der Waals surface area (Å²) in [6, 6.07) is 0. The number of hydrogen-bond acceptors (Lipinski definition) is 4. The van der Waals surface area contributed by atoms with E-state index in [0.717, 1.165) is 44.1 Å². The smallest absolute Gasteiger partial charge is 0.223 e. The maximum absolute atomic E-state index is 12.6. The number of aromatic nitrogens is 3. The normalized spacial score (nSPS) is 22.6. The van der Waals surface area contributed by atoms with Crippen LogP contribution in [-0.4, -0.2) is 56.7 Å². The zero-order valence-corrected chi connectivity index (χ0v) is 16.3. The molecule has 1 amide bonds. The summed E-state index contributed by atoms with van der Waals surface area (Å²) in [5.41, 5.74) is 0.0394. The van der Waals surface area contributed by atoms with Crippen molar-refractivity contribution in [3.63, 3.8) is 0 Å².